The van der Waals surface area contributed by atoms with Crippen molar-refractivity contribution in [3.05, 3.63) is 41.4 Å². The van der Waals surface area contributed by atoms with Gasteiger partial charge in [0, 0.05) is 5.57 Å². The van der Waals surface area contributed by atoms with Crippen molar-refractivity contribution >= 4 is 6.29 Å². The maximum Gasteiger partial charge on any atom is 0.157 e. The Balaban J connectivity index is 2.99. The summed E-state index contributed by atoms with van der Waals surface area (Å²) in [5.74, 6) is 0. The van der Waals surface area contributed by atoms with Gasteiger partial charge in [0.2, 0.25) is 0 Å². The van der Waals surface area contributed by atoms with E-state index in [-0.39, 0.29) is 0 Å². The van der Waals surface area contributed by atoms with Crippen LogP contribution in [-0.2, 0) is 9.90 Å². The van der Waals surface area contributed by atoms with Crippen LogP contribution in [0.5, 0.6) is 0 Å². The summed E-state index contributed by atoms with van der Waals surface area (Å²) < 4.78 is 0. The predicted molar refractivity (Wildman–Crippen MR) is 35.6 cm³/mol. The number of hydrogen-bond acceptors (Lipinski definition) is 1. The van der Waals surface area contributed by atoms with Crippen molar-refractivity contribution in [2.24, 2.45) is 0 Å². The second-order valence-corrected chi connectivity index (χ2v) is 1.81. The first-order valence-electron chi connectivity index (χ1n) is 2.79. The van der Waals surface area contributed by atoms with Crippen molar-refractivity contribution in [2.45, 2.75) is 0 Å². The first-order valence-corrected chi connectivity index (χ1v) is 2.79. The third-order valence-corrected chi connectivity index (χ3v) is 1.12. The molecule has 0 aromatic rings. The Morgan fingerprint density at radius 1 is 1.40 bits per heavy atom. The van der Waals surface area contributed by atoms with Gasteiger partial charge < -0.3 is 0 Å². The number of carbonyl (C=O) groups excluding carboxylic acids is 1. The van der Waals surface area contributed by atoms with Gasteiger partial charge >= 0.3 is 0 Å². The molecule has 0 N–H and O–H groups in total. The Morgan fingerprint density at radius 2 is 2.20 bits per heavy atom. The highest BCUT2D eigenvalue weighted by Gasteiger charge is 1.93. The van der Waals surface area contributed by atoms with E-state index >= 15 is 0 Å². The molecule has 0 aliphatic heterocycles. The van der Waals surface area contributed by atoms with Crippen LogP contribution < -0.4 is 0 Å². The first kappa shape index (κ1) is 6.59. The lowest BCUT2D eigenvalue weighted by Gasteiger charge is -1.92. The van der Waals surface area contributed by atoms with Crippen molar-refractivity contribution in [1.82, 2.24) is 0 Å². The van der Waals surface area contributed by atoms with Crippen molar-refractivity contribution in [1.29, 1.82) is 0 Å². The summed E-state index contributed by atoms with van der Waals surface area (Å²) in [5, 5.41) is 10.1. The normalized spacial score (nSPS) is 19.2. The molecule has 0 amide bonds. The number of carbonyl (C=O) groups is 1. The second-order valence-electron chi connectivity index (χ2n) is 1.81. The Hall–Kier alpha value is -1.53. The third-order valence-electron chi connectivity index (χ3n) is 1.12. The van der Waals surface area contributed by atoms with Gasteiger partial charge in [0.25, 0.3) is 0 Å². The second kappa shape index (κ2) is 2.85. The fourth-order valence-corrected chi connectivity index (χ4v) is 0.596. The van der Waals surface area contributed by atoms with E-state index in [4.69, 9.17) is 0 Å². The van der Waals surface area contributed by atoms with Crippen LogP contribution in [-0.4, -0.2) is 6.29 Å². The van der Waals surface area contributed by atoms with E-state index in [0.717, 1.165) is 0 Å². The van der Waals surface area contributed by atoms with Gasteiger partial charge in [-0.3, -0.25) is 9.90 Å². The topological polar surface area (TPSA) is 37.0 Å². The quantitative estimate of drug-likeness (QED) is 0.300. The van der Waals surface area contributed by atoms with Crippen LogP contribution >= 0.6 is 0 Å². The summed E-state index contributed by atoms with van der Waals surface area (Å²) in [4.78, 5) is 10.1. The summed E-state index contributed by atoms with van der Waals surface area (Å²) in [6.07, 6.45) is 6.01. The lowest BCUT2D eigenvalue weighted by molar-refractivity contribution is -0.104. The van der Waals surface area contributed by atoms with Crippen molar-refractivity contribution < 1.29 is 9.90 Å². The van der Waals surface area contributed by atoms with Gasteiger partial charge in [0.05, 0.1) is 5.57 Å². The van der Waals surface area contributed by atoms with Crippen LogP contribution in [0.25, 0.3) is 0 Å². The molecule has 0 aromatic carbocycles. The molecule has 10 heavy (non-hydrogen) atoms. The van der Waals surface area contributed by atoms with Crippen LogP contribution in [0.1, 0.15) is 0 Å². The minimum absolute atomic E-state index is 0.464. The Labute approximate surface area is 58.5 Å². The van der Waals surface area contributed by atoms with E-state index in [1.165, 1.54) is 6.08 Å². The molecule has 2 heteroatoms. The molecule has 0 saturated carbocycles. The zero-order valence-electron chi connectivity index (χ0n) is 5.20. The Morgan fingerprint density at radius 3 is 2.60 bits per heavy atom. The van der Waals surface area contributed by atoms with E-state index in [1.807, 2.05) is 0 Å². The van der Waals surface area contributed by atoms with E-state index in [2.05, 4.69) is 5.73 Å². The molecular weight excluding hydrogens is 128 g/mol. The first-order chi connectivity index (χ1) is 4.86. The summed E-state index contributed by atoms with van der Waals surface area (Å²) in [7, 11) is 0. The minimum atomic E-state index is 0.464. The molecule has 1 aliphatic carbocycles. The largest absolute Gasteiger partial charge is 0.298 e. The van der Waals surface area contributed by atoms with Crippen molar-refractivity contribution in [3.63, 3.8) is 0 Å². The van der Waals surface area contributed by atoms with Crippen LogP contribution in [0.3, 0.4) is 0 Å². The Bertz CT molecular complexity index is 263. The summed E-state index contributed by atoms with van der Waals surface area (Å²) >= 11 is 0. The lowest BCUT2D eigenvalue weighted by atomic mass is 10.1. The molecule has 49 valence electrons. The van der Waals surface area contributed by atoms with Gasteiger partial charge in [0.15, 0.2) is 12.5 Å². The zero-order chi connectivity index (χ0) is 7.40. The highest BCUT2D eigenvalue weighted by molar-refractivity contribution is 5.78. The highest BCUT2D eigenvalue weighted by Crippen LogP contribution is 2.05. The average Bonchev–Trinajstić information content (AvgIpc) is 2.05. The molecule has 0 unspecified atom stereocenters. The molecule has 0 saturated heterocycles. The SMILES string of the molecule is [O]C=C1C=C=C(C=O)C=C1. The number of rotatable bonds is 1. The lowest BCUT2D eigenvalue weighted by Crippen LogP contribution is -1.81. The van der Waals surface area contributed by atoms with Crippen LogP contribution in [0, 0.1) is 0 Å². The van der Waals surface area contributed by atoms with Gasteiger partial charge in [0.1, 0.15) is 0 Å². The molecule has 0 bridgehead atoms. The predicted octanol–water partition coefficient (Wildman–Crippen LogP) is 1.15. The van der Waals surface area contributed by atoms with Gasteiger partial charge in [-0.15, -0.1) is 5.73 Å². The molecule has 0 heterocycles. The summed E-state index contributed by atoms with van der Waals surface area (Å²) in [6, 6.07) is 0. The van der Waals surface area contributed by atoms with E-state index in [1.54, 1.807) is 12.2 Å². The van der Waals surface area contributed by atoms with Gasteiger partial charge in [-0.25, -0.2) is 0 Å². The third kappa shape index (κ3) is 1.24. The Kier molecular flexibility index (Phi) is 1.88. The molecule has 1 radical (unpaired) electrons. The van der Waals surface area contributed by atoms with Crippen molar-refractivity contribution in [3.8, 4) is 0 Å². The average molecular weight is 133 g/mol. The van der Waals surface area contributed by atoms with Crippen LogP contribution in [0.4, 0.5) is 0 Å². The fraction of sp³-hybridized carbons (Fsp3) is 0. The maximum absolute atomic E-state index is 10.1. The molecule has 0 fully saturated rings. The van der Waals surface area contributed by atoms with Gasteiger partial charge in [-0.1, -0.05) is 0 Å². The standard InChI is InChI=1S/C8H5O2/c9-5-7-1-2-8(6-10)4-3-7/h1-3,5-6H. The van der Waals surface area contributed by atoms with Gasteiger partial charge in [-0.2, -0.15) is 0 Å². The molecule has 1 rings (SSSR count). The van der Waals surface area contributed by atoms with Crippen LogP contribution in [0.2, 0.25) is 0 Å². The van der Waals surface area contributed by atoms with E-state index < -0.39 is 0 Å². The van der Waals surface area contributed by atoms with Crippen molar-refractivity contribution in [2.75, 3.05) is 0 Å². The molecule has 0 spiro atoms. The summed E-state index contributed by atoms with van der Waals surface area (Å²) in [6.45, 7) is 0. The van der Waals surface area contributed by atoms with E-state index in [0.29, 0.717) is 23.7 Å². The van der Waals surface area contributed by atoms with E-state index in [9.17, 15) is 9.90 Å². The van der Waals surface area contributed by atoms with Crippen LogP contribution in [0.15, 0.2) is 41.4 Å². The zero-order valence-corrected chi connectivity index (χ0v) is 5.20. The molecule has 0 atom stereocenters. The fourth-order valence-electron chi connectivity index (χ4n) is 0.596. The number of allylic oxidation sites excluding steroid dienone is 4. The molecule has 0 aromatic heterocycles. The number of hydrogen-bond donors (Lipinski definition) is 0. The maximum atomic E-state index is 10.1. The number of aldehydes is 1. The minimum Gasteiger partial charge on any atom is -0.298 e. The smallest absolute Gasteiger partial charge is 0.157 e. The van der Waals surface area contributed by atoms with Gasteiger partial charge in [-0.05, 0) is 18.2 Å². The molecule has 1 aliphatic rings. The summed E-state index contributed by atoms with van der Waals surface area (Å²) in [5.41, 5.74) is 3.63. The highest BCUT2D eigenvalue weighted by atomic mass is 16.2. The molecule has 2 nitrogen and oxygen atoms in total. The monoisotopic (exact) mass is 133 g/mol. The molecular formula is C8H5O2.